The first kappa shape index (κ1) is 10.0. The highest BCUT2D eigenvalue weighted by atomic mass is 32.2. The summed E-state index contributed by atoms with van der Waals surface area (Å²) in [5.74, 6) is 1.16. The maximum absolute atomic E-state index is 4.24. The standard InChI is InChI=1S/C8H14N2S2/c1-7(9-3-5-11-2)8-10-4-6-12-8/h4,6-7,9H,3,5H2,1-2H3. The Morgan fingerprint density at radius 1 is 1.75 bits per heavy atom. The molecule has 0 fully saturated rings. The van der Waals surface area contributed by atoms with Crippen LogP contribution in [0.5, 0.6) is 0 Å². The van der Waals surface area contributed by atoms with Crippen LogP contribution in [-0.2, 0) is 0 Å². The summed E-state index contributed by atoms with van der Waals surface area (Å²) in [6.45, 7) is 3.21. The van der Waals surface area contributed by atoms with Crippen molar-refractivity contribution in [1.82, 2.24) is 10.3 Å². The maximum Gasteiger partial charge on any atom is 0.109 e. The van der Waals surface area contributed by atoms with Gasteiger partial charge in [0.15, 0.2) is 0 Å². The molecule has 0 aromatic carbocycles. The highest BCUT2D eigenvalue weighted by Gasteiger charge is 2.05. The van der Waals surface area contributed by atoms with Crippen LogP contribution in [0.2, 0.25) is 0 Å². The summed E-state index contributed by atoms with van der Waals surface area (Å²) in [4.78, 5) is 4.24. The molecule has 0 radical (unpaired) electrons. The molecule has 1 heterocycles. The summed E-state index contributed by atoms with van der Waals surface area (Å²) in [6, 6.07) is 0.400. The third-order valence-electron chi connectivity index (χ3n) is 1.58. The van der Waals surface area contributed by atoms with Crippen LogP contribution in [0.3, 0.4) is 0 Å². The summed E-state index contributed by atoms with van der Waals surface area (Å²) in [5, 5.41) is 6.61. The molecular formula is C8H14N2S2. The lowest BCUT2D eigenvalue weighted by molar-refractivity contribution is 0.598. The van der Waals surface area contributed by atoms with E-state index in [0.29, 0.717) is 6.04 Å². The highest BCUT2D eigenvalue weighted by Crippen LogP contribution is 2.14. The quantitative estimate of drug-likeness (QED) is 0.741. The molecule has 1 unspecified atom stereocenters. The van der Waals surface area contributed by atoms with E-state index < -0.39 is 0 Å². The predicted octanol–water partition coefficient (Wildman–Crippen LogP) is 2.16. The number of nitrogens with one attached hydrogen (secondary N) is 1. The Bertz CT molecular complexity index is 199. The van der Waals surface area contributed by atoms with E-state index in [2.05, 4.69) is 23.5 Å². The lowest BCUT2D eigenvalue weighted by Crippen LogP contribution is -2.20. The van der Waals surface area contributed by atoms with E-state index in [1.54, 1.807) is 11.3 Å². The van der Waals surface area contributed by atoms with Gasteiger partial charge in [-0.05, 0) is 13.2 Å². The van der Waals surface area contributed by atoms with Gasteiger partial charge in [-0.25, -0.2) is 4.98 Å². The zero-order valence-electron chi connectivity index (χ0n) is 7.41. The molecule has 1 atom stereocenters. The van der Waals surface area contributed by atoms with Crippen molar-refractivity contribution in [2.75, 3.05) is 18.6 Å². The molecule has 0 aliphatic rings. The molecule has 0 spiro atoms. The topological polar surface area (TPSA) is 24.9 Å². The fourth-order valence-electron chi connectivity index (χ4n) is 0.913. The fourth-order valence-corrected chi connectivity index (χ4v) is 1.91. The second kappa shape index (κ2) is 5.56. The molecule has 1 aromatic rings. The molecule has 0 aliphatic heterocycles. The van der Waals surface area contributed by atoms with Crippen LogP contribution in [-0.4, -0.2) is 23.5 Å². The van der Waals surface area contributed by atoms with E-state index >= 15 is 0 Å². The van der Waals surface area contributed by atoms with Gasteiger partial charge in [0.25, 0.3) is 0 Å². The third-order valence-corrected chi connectivity index (χ3v) is 3.15. The molecule has 0 aliphatic carbocycles. The maximum atomic E-state index is 4.24. The summed E-state index contributed by atoms with van der Waals surface area (Å²) in [7, 11) is 0. The van der Waals surface area contributed by atoms with Gasteiger partial charge in [-0.1, -0.05) is 0 Å². The Morgan fingerprint density at radius 2 is 2.58 bits per heavy atom. The minimum Gasteiger partial charge on any atom is -0.307 e. The average Bonchev–Trinajstić information content (AvgIpc) is 2.56. The third kappa shape index (κ3) is 3.13. The van der Waals surface area contributed by atoms with Crippen LogP contribution in [0, 0.1) is 0 Å². The second-order valence-corrected chi connectivity index (χ2v) is 4.45. The van der Waals surface area contributed by atoms with Crippen molar-refractivity contribution < 1.29 is 0 Å². The number of hydrogen-bond donors (Lipinski definition) is 1. The van der Waals surface area contributed by atoms with Gasteiger partial charge in [0.2, 0.25) is 0 Å². The largest absolute Gasteiger partial charge is 0.307 e. The van der Waals surface area contributed by atoms with Gasteiger partial charge in [0.05, 0.1) is 6.04 Å². The van der Waals surface area contributed by atoms with Crippen LogP contribution >= 0.6 is 23.1 Å². The van der Waals surface area contributed by atoms with Crippen molar-refractivity contribution in [2.45, 2.75) is 13.0 Å². The number of aromatic nitrogens is 1. The molecule has 1 aromatic heterocycles. The van der Waals surface area contributed by atoms with Crippen LogP contribution in [0.1, 0.15) is 18.0 Å². The minimum absolute atomic E-state index is 0.400. The van der Waals surface area contributed by atoms with Crippen LogP contribution in [0.4, 0.5) is 0 Å². The molecule has 1 rings (SSSR count). The number of hydrogen-bond acceptors (Lipinski definition) is 4. The number of nitrogens with zero attached hydrogens (tertiary/aromatic N) is 1. The molecule has 68 valence electrons. The van der Waals surface area contributed by atoms with Crippen molar-refractivity contribution in [3.63, 3.8) is 0 Å². The Balaban J connectivity index is 2.25. The zero-order valence-corrected chi connectivity index (χ0v) is 9.04. The number of thiazole rings is 1. The molecular weight excluding hydrogens is 188 g/mol. The molecule has 0 amide bonds. The first-order chi connectivity index (χ1) is 5.84. The zero-order chi connectivity index (χ0) is 8.81. The van der Waals surface area contributed by atoms with Gasteiger partial charge in [0, 0.05) is 23.9 Å². The van der Waals surface area contributed by atoms with E-state index in [4.69, 9.17) is 0 Å². The predicted molar refractivity (Wildman–Crippen MR) is 56.9 cm³/mol. The number of thioether (sulfide) groups is 1. The lowest BCUT2D eigenvalue weighted by atomic mass is 10.3. The van der Waals surface area contributed by atoms with Gasteiger partial charge >= 0.3 is 0 Å². The fraction of sp³-hybridized carbons (Fsp3) is 0.625. The lowest BCUT2D eigenvalue weighted by Gasteiger charge is -2.09. The van der Waals surface area contributed by atoms with E-state index in [0.717, 1.165) is 12.3 Å². The minimum atomic E-state index is 0.400. The van der Waals surface area contributed by atoms with E-state index in [1.807, 2.05) is 23.3 Å². The van der Waals surface area contributed by atoms with Gasteiger partial charge < -0.3 is 5.32 Å². The Labute approximate surface area is 81.8 Å². The van der Waals surface area contributed by atoms with Crippen LogP contribution in [0.15, 0.2) is 11.6 Å². The van der Waals surface area contributed by atoms with Crippen molar-refractivity contribution in [3.8, 4) is 0 Å². The molecule has 0 saturated carbocycles. The first-order valence-electron chi connectivity index (χ1n) is 3.96. The monoisotopic (exact) mass is 202 g/mol. The molecule has 12 heavy (non-hydrogen) atoms. The molecule has 0 bridgehead atoms. The molecule has 0 saturated heterocycles. The van der Waals surface area contributed by atoms with Gasteiger partial charge in [0.1, 0.15) is 5.01 Å². The van der Waals surface area contributed by atoms with Gasteiger partial charge in [-0.15, -0.1) is 11.3 Å². The molecule has 2 nitrogen and oxygen atoms in total. The second-order valence-electron chi connectivity index (χ2n) is 2.54. The highest BCUT2D eigenvalue weighted by molar-refractivity contribution is 7.98. The summed E-state index contributed by atoms with van der Waals surface area (Å²) in [5.41, 5.74) is 0. The van der Waals surface area contributed by atoms with E-state index in [-0.39, 0.29) is 0 Å². The normalized spacial score (nSPS) is 13.2. The Hall–Kier alpha value is -0.0600. The SMILES string of the molecule is CSCCNC(C)c1nccs1. The van der Waals surface area contributed by atoms with Crippen molar-refractivity contribution in [1.29, 1.82) is 0 Å². The summed E-state index contributed by atoms with van der Waals surface area (Å²) in [6.07, 6.45) is 3.97. The van der Waals surface area contributed by atoms with Crippen LogP contribution < -0.4 is 5.32 Å². The van der Waals surface area contributed by atoms with Crippen molar-refractivity contribution >= 4 is 23.1 Å². The average molecular weight is 202 g/mol. The Kier molecular flexibility index (Phi) is 4.65. The summed E-state index contributed by atoms with van der Waals surface area (Å²) >= 11 is 3.57. The number of rotatable bonds is 5. The van der Waals surface area contributed by atoms with E-state index in [1.165, 1.54) is 5.01 Å². The first-order valence-corrected chi connectivity index (χ1v) is 6.23. The molecule has 4 heteroatoms. The van der Waals surface area contributed by atoms with Crippen molar-refractivity contribution in [2.24, 2.45) is 0 Å². The van der Waals surface area contributed by atoms with Crippen LogP contribution in [0.25, 0.3) is 0 Å². The summed E-state index contributed by atoms with van der Waals surface area (Å²) < 4.78 is 0. The Morgan fingerprint density at radius 3 is 3.17 bits per heavy atom. The van der Waals surface area contributed by atoms with Crippen molar-refractivity contribution in [3.05, 3.63) is 16.6 Å². The molecule has 1 N–H and O–H groups in total. The van der Waals surface area contributed by atoms with Gasteiger partial charge in [-0.3, -0.25) is 0 Å². The smallest absolute Gasteiger partial charge is 0.109 e. The van der Waals surface area contributed by atoms with Gasteiger partial charge in [-0.2, -0.15) is 11.8 Å². The van der Waals surface area contributed by atoms with E-state index in [9.17, 15) is 0 Å².